The largest absolute Gasteiger partial charge is 0.466 e. The summed E-state index contributed by atoms with van der Waals surface area (Å²) in [6.45, 7) is 16.2. The number of esters is 2. The van der Waals surface area contributed by atoms with Gasteiger partial charge in [0.15, 0.2) is 8.32 Å². The molecule has 8 heteroatoms. The Hall–Kier alpha value is -0.758. The van der Waals surface area contributed by atoms with Gasteiger partial charge in [0.25, 0.3) is 0 Å². The van der Waals surface area contributed by atoms with Crippen LogP contribution in [0, 0.1) is 0 Å². The molecule has 0 unspecified atom stereocenters. The van der Waals surface area contributed by atoms with Crippen molar-refractivity contribution in [2.45, 2.75) is 26.2 Å². The quantitative estimate of drug-likeness (QED) is 0.303. The van der Waals surface area contributed by atoms with Crippen molar-refractivity contribution < 1.29 is 44.2 Å². The monoisotopic (exact) mass is 525 g/mol. The summed E-state index contributed by atoms with van der Waals surface area (Å²) in [6, 6.07) is 0. The van der Waals surface area contributed by atoms with E-state index in [4.69, 9.17) is 4.12 Å². The zero-order chi connectivity index (χ0) is 17.1. The van der Waals surface area contributed by atoms with Crippen LogP contribution in [0.25, 0.3) is 0 Å². The van der Waals surface area contributed by atoms with Crippen molar-refractivity contribution in [1.82, 2.24) is 0 Å². The number of carbonyl (C=O) groups is 2. The summed E-state index contributed by atoms with van der Waals surface area (Å²) in [5.74, 6) is -1.16. The molecule has 0 amide bonds. The van der Waals surface area contributed by atoms with Gasteiger partial charge in [-0.15, -0.1) is 13.2 Å². The summed E-state index contributed by atoms with van der Waals surface area (Å²) in [6.07, 6.45) is 1.98. The fourth-order valence-corrected chi connectivity index (χ4v) is 7.21. The summed E-state index contributed by atoms with van der Waals surface area (Å²) in [5.41, 5.74) is 3.86. The third-order valence-corrected chi connectivity index (χ3v) is 7.92. The van der Waals surface area contributed by atoms with Crippen molar-refractivity contribution in [3.8, 4) is 0 Å². The zero-order valence-corrected chi connectivity index (χ0v) is 18.4. The summed E-state index contributed by atoms with van der Waals surface area (Å²) < 4.78 is 14.4. The van der Waals surface area contributed by atoms with E-state index in [0.717, 1.165) is 12.2 Å². The van der Waals surface area contributed by atoms with E-state index in [2.05, 4.69) is 48.8 Å². The zero-order valence-electron chi connectivity index (χ0n) is 14.1. The fourth-order valence-electron chi connectivity index (χ4n) is 1.10. The van der Waals surface area contributed by atoms with E-state index in [-0.39, 0.29) is 21.1 Å². The minimum absolute atomic E-state index is 0. The second-order valence-electron chi connectivity index (χ2n) is 5.19. The van der Waals surface area contributed by atoms with E-state index in [1.165, 1.54) is 14.2 Å². The van der Waals surface area contributed by atoms with Crippen LogP contribution in [0.15, 0.2) is 36.7 Å². The van der Waals surface area contributed by atoms with Crippen LogP contribution >= 0.6 is 0 Å². The van der Waals surface area contributed by atoms with E-state index in [9.17, 15) is 9.59 Å². The molecule has 0 saturated heterocycles. The van der Waals surface area contributed by atoms with Gasteiger partial charge in [-0.05, 0) is 26.2 Å². The molecule has 0 radical (unpaired) electrons. The van der Waals surface area contributed by atoms with Crippen LogP contribution in [-0.4, -0.2) is 42.8 Å². The van der Waals surface area contributed by atoms with Gasteiger partial charge >= 0.3 is 11.9 Å². The first-order valence-electron chi connectivity index (χ1n) is 6.35. The van der Waals surface area contributed by atoms with Gasteiger partial charge in [0.2, 0.25) is 8.32 Å². The summed E-state index contributed by atoms with van der Waals surface area (Å²) in [5, 5.41) is 0. The SMILES string of the molecule is C=C[Si](C)(C=C)O[Si](C)(C)C.COC(=O)/C=C\C(=O)OC.[Pt]. The second kappa shape index (κ2) is 12.8. The fraction of sp³-hybridized carbons (Fsp3) is 0.429. The van der Waals surface area contributed by atoms with Gasteiger partial charge in [-0.2, -0.15) is 0 Å². The molecule has 0 spiro atoms. The predicted molar refractivity (Wildman–Crippen MR) is 89.6 cm³/mol. The van der Waals surface area contributed by atoms with Crippen LogP contribution in [0.1, 0.15) is 0 Å². The van der Waals surface area contributed by atoms with Crippen LogP contribution in [0.5, 0.6) is 0 Å². The molecule has 0 aromatic carbocycles. The number of ether oxygens (including phenoxy) is 2. The van der Waals surface area contributed by atoms with E-state index in [1.54, 1.807) is 0 Å². The van der Waals surface area contributed by atoms with Crippen LogP contribution in [0.3, 0.4) is 0 Å². The summed E-state index contributed by atoms with van der Waals surface area (Å²) in [7, 11) is -0.706. The van der Waals surface area contributed by atoms with E-state index >= 15 is 0 Å². The van der Waals surface area contributed by atoms with Gasteiger partial charge in [0, 0.05) is 33.2 Å². The third kappa shape index (κ3) is 15.6. The van der Waals surface area contributed by atoms with Crippen LogP contribution in [0.4, 0.5) is 0 Å². The van der Waals surface area contributed by atoms with Gasteiger partial charge in [-0.1, -0.05) is 11.4 Å². The number of carbonyl (C=O) groups excluding carboxylic acids is 2. The number of hydrogen-bond acceptors (Lipinski definition) is 5. The molecule has 0 N–H and O–H groups in total. The molecule has 22 heavy (non-hydrogen) atoms. The minimum Gasteiger partial charge on any atom is -0.466 e. The molecule has 0 rings (SSSR count). The van der Waals surface area contributed by atoms with Gasteiger partial charge in [-0.3, -0.25) is 0 Å². The van der Waals surface area contributed by atoms with E-state index in [1.807, 2.05) is 11.4 Å². The van der Waals surface area contributed by atoms with Gasteiger partial charge in [0.1, 0.15) is 0 Å². The molecule has 0 aromatic heterocycles. The van der Waals surface area contributed by atoms with Crippen molar-refractivity contribution in [1.29, 1.82) is 0 Å². The Balaban J connectivity index is -0.000000315. The number of methoxy groups -OCH3 is 2. The Kier molecular flexibility index (Phi) is 15.2. The first-order chi connectivity index (χ1) is 9.53. The van der Waals surface area contributed by atoms with Gasteiger partial charge in [0.05, 0.1) is 14.2 Å². The van der Waals surface area contributed by atoms with Crippen molar-refractivity contribution in [2.75, 3.05) is 14.2 Å². The minimum atomic E-state index is -1.74. The van der Waals surface area contributed by atoms with E-state index in [0.29, 0.717) is 0 Å². The molecular formula is C14H26O5PtSi2. The first-order valence-corrected chi connectivity index (χ1v) is 12.3. The molecule has 5 nitrogen and oxygen atoms in total. The molecule has 0 fully saturated rings. The van der Waals surface area contributed by atoms with Crippen LogP contribution < -0.4 is 0 Å². The molecule has 130 valence electrons. The van der Waals surface area contributed by atoms with Crippen molar-refractivity contribution in [3.63, 3.8) is 0 Å². The second-order valence-corrected chi connectivity index (χ2v) is 13.4. The molecule has 0 aliphatic heterocycles. The molecule has 0 saturated carbocycles. The molecular weight excluding hydrogens is 499 g/mol. The Morgan fingerprint density at radius 1 is 0.864 bits per heavy atom. The third-order valence-electron chi connectivity index (χ3n) is 2.09. The maximum Gasteiger partial charge on any atom is 0.330 e. The normalized spacial score (nSPS) is 10.6. The predicted octanol–water partition coefficient (Wildman–Crippen LogP) is 2.75. The van der Waals surface area contributed by atoms with Crippen molar-refractivity contribution >= 4 is 28.6 Å². The molecule has 0 aliphatic rings. The van der Waals surface area contributed by atoms with Gasteiger partial charge in [-0.25, -0.2) is 9.59 Å². The Bertz CT molecular complexity index is 377. The van der Waals surface area contributed by atoms with Crippen molar-refractivity contribution in [3.05, 3.63) is 36.7 Å². The molecule has 0 bridgehead atoms. The number of rotatable bonds is 6. The Morgan fingerprint density at radius 2 is 1.18 bits per heavy atom. The summed E-state index contributed by atoms with van der Waals surface area (Å²) >= 11 is 0. The van der Waals surface area contributed by atoms with Crippen LogP contribution in [0.2, 0.25) is 26.2 Å². The number of hydrogen-bond donors (Lipinski definition) is 0. The maximum atomic E-state index is 10.3. The maximum absolute atomic E-state index is 10.3. The topological polar surface area (TPSA) is 61.8 Å². The van der Waals surface area contributed by atoms with Crippen molar-refractivity contribution in [2.24, 2.45) is 0 Å². The first kappa shape index (κ1) is 26.2. The standard InChI is InChI=1S/C8H18OSi2.C6H8O4.Pt/c1-7-11(6,8-2)9-10(3,4)5;1-9-5(7)3-4-6(8)10-2;/h7-8H,1-2H2,3-6H3;3-4H,1-2H3;/b;4-3-;. The van der Waals surface area contributed by atoms with E-state index < -0.39 is 28.6 Å². The molecule has 0 aromatic rings. The average molecular weight is 526 g/mol. The average Bonchev–Trinajstić information content (AvgIpc) is 2.42. The molecule has 0 atom stereocenters. The van der Waals surface area contributed by atoms with Gasteiger partial charge < -0.3 is 13.6 Å². The Morgan fingerprint density at radius 3 is 1.32 bits per heavy atom. The summed E-state index contributed by atoms with van der Waals surface area (Å²) in [4.78, 5) is 20.6. The smallest absolute Gasteiger partial charge is 0.330 e. The van der Waals surface area contributed by atoms with Crippen LogP contribution in [-0.2, 0) is 44.2 Å². The molecule has 0 heterocycles. The Labute approximate surface area is 149 Å². The molecule has 0 aliphatic carbocycles.